The highest BCUT2D eigenvalue weighted by molar-refractivity contribution is 5.94. The largest absolute Gasteiger partial charge is 0.495 e. The molecule has 0 radical (unpaired) electrons. The van der Waals surface area contributed by atoms with Gasteiger partial charge in [-0.3, -0.25) is 14.7 Å². The van der Waals surface area contributed by atoms with Gasteiger partial charge in [0.05, 0.1) is 18.9 Å². The lowest BCUT2D eigenvalue weighted by atomic mass is 9.79. The van der Waals surface area contributed by atoms with Gasteiger partial charge in [-0.25, -0.2) is 14.8 Å². The van der Waals surface area contributed by atoms with Crippen LogP contribution in [0.15, 0.2) is 41.1 Å². The molecule has 1 unspecified atom stereocenters. The summed E-state index contributed by atoms with van der Waals surface area (Å²) in [6, 6.07) is 7.98. The minimum Gasteiger partial charge on any atom is -0.495 e. The number of carbonyl (C=O) groups excluding carboxylic acids is 2. The molecule has 0 bridgehead atoms. The van der Waals surface area contributed by atoms with Gasteiger partial charge in [0, 0.05) is 55.3 Å². The molecular weight excluding hydrogens is 610 g/mol. The number of pyridine rings is 2. The van der Waals surface area contributed by atoms with Crippen LogP contribution in [0.5, 0.6) is 5.75 Å². The highest BCUT2D eigenvalue weighted by atomic mass is 16.6. The maximum absolute atomic E-state index is 14.4. The van der Waals surface area contributed by atoms with Gasteiger partial charge in [0.15, 0.2) is 5.89 Å². The molecule has 258 valence electrons. The summed E-state index contributed by atoms with van der Waals surface area (Å²) < 4.78 is 16.9. The van der Waals surface area contributed by atoms with Crippen molar-refractivity contribution in [2.75, 3.05) is 32.1 Å². The second kappa shape index (κ2) is 15.1. The Balaban J connectivity index is 1.14. The molecule has 6 rings (SSSR count). The van der Waals surface area contributed by atoms with Gasteiger partial charge in [0.25, 0.3) is 0 Å². The van der Waals surface area contributed by atoms with Crippen LogP contribution < -0.4 is 9.64 Å². The summed E-state index contributed by atoms with van der Waals surface area (Å²) in [4.78, 5) is 44.4. The average molecular weight is 660 g/mol. The van der Waals surface area contributed by atoms with E-state index in [9.17, 15) is 14.7 Å². The van der Waals surface area contributed by atoms with Crippen LogP contribution in [0.3, 0.4) is 0 Å². The fourth-order valence-corrected chi connectivity index (χ4v) is 7.22. The van der Waals surface area contributed by atoms with E-state index in [0.29, 0.717) is 55.8 Å². The van der Waals surface area contributed by atoms with Crippen LogP contribution >= 0.6 is 0 Å². The van der Waals surface area contributed by atoms with Gasteiger partial charge < -0.3 is 23.9 Å². The number of aliphatic hydroxyl groups excluding tert-OH is 1. The van der Waals surface area contributed by atoms with Crippen molar-refractivity contribution in [1.29, 1.82) is 0 Å². The molecule has 3 aliphatic rings. The number of methoxy groups -OCH3 is 1. The molecule has 2 amide bonds. The van der Waals surface area contributed by atoms with Crippen molar-refractivity contribution in [3.63, 3.8) is 0 Å². The first-order valence-corrected chi connectivity index (χ1v) is 17.5. The van der Waals surface area contributed by atoms with Crippen LogP contribution in [0.1, 0.15) is 100 Å². The summed E-state index contributed by atoms with van der Waals surface area (Å²) in [6.07, 6.45) is 10.9. The standard InChI is InChI=1S/C37H49N5O6/c1-23(43)20-41(3)37(45)48-30-13-11-28(12-14-30)36(44)42(34-19-29(17-18-38-34)32-22-47-35(40-32)27-9-10-27)21-25-5-7-26(8-6-25)31-15-16-33(46-4)24(2)39-31/h15-19,22-23,25-28,30,43H,5-14,20-21H2,1-4H3. The number of hydrogen-bond donors (Lipinski definition) is 1. The van der Waals surface area contributed by atoms with Gasteiger partial charge in [0.1, 0.15) is 29.6 Å². The van der Waals surface area contributed by atoms with Crippen molar-refractivity contribution in [3.8, 4) is 17.0 Å². The number of carbonyl (C=O) groups is 2. The van der Waals surface area contributed by atoms with Gasteiger partial charge in [-0.1, -0.05) is 0 Å². The molecule has 11 heteroatoms. The van der Waals surface area contributed by atoms with Crippen LogP contribution in [-0.2, 0) is 9.53 Å². The number of ether oxygens (including phenoxy) is 2. The third-order valence-electron chi connectivity index (χ3n) is 10.2. The zero-order valence-corrected chi connectivity index (χ0v) is 28.6. The molecule has 3 aliphatic carbocycles. The number of likely N-dealkylation sites (N-methyl/N-ethyl adjacent to an activating group) is 1. The van der Waals surface area contributed by atoms with Crippen molar-refractivity contribution in [1.82, 2.24) is 19.9 Å². The molecule has 48 heavy (non-hydrogen) atoms. The maximum Gasteiger partial charge on any atom is 0.409 e. The minimum absolute atomic E-state index is 0.0732. The number of nitrogens with zero attached hydrogens (tertiary/aromatic N) is 5. The molecule has 3 aromatic heterocycles. The molecule has 0 aliphatic heterocycles. The summed E-state index contributed by atoms with van der Waals surface area (Å²) >= 11 is 0. The first-order chi connectivity index (χ1) is 23.2. The summed E-state index contributed by atoms with van der Waals surface area (Å²) in [5.41, 5.74) is 3.67. The van der Waals surface area contributed by atoms with Crippen LogP contribution in [0.2, 0.25) is 0 Å². The Hall–Kier alpha value is -3.99. The summed E-state index contributed by atoms with van der Waals surface area (Å²) in [5, 5.41) is 9.63. The number of hydrogen-bond acceptors (Lipinski definition) is 9. The number of aromatic nitrogens is 3. The van der Waals surface area contributed by atoms with Gasteiger partial charge in [-0.15, -0.1) is 0 Å². The third-order valence-corrected chi connectivity index (χ3v) is 10.2. The molecule has 3 aromatic rings. The Labute approximate surface area is 283 Å². The Kier molecular flexibility index (Phi) is 10.6. The van der Waals surface area contributed by atoms with Crippen LogP contribution in [-0.4, -0.2) is 76.4 Å². The highest BCUT2D eigenvalue weighted by Gasteiger charge is 2.35. The topological polar surface area (TPSA) is 131 Å². The summed E-state index contributed by atoms with van der Waals surface area (Å²) in [5.74, 6) is 3.26. The molecule has 0 spiro atoms. The molecular formula is C37H49N5O6. The van der Waals surface area contributed by atoms with Crippen LogP contribution in [0, 0.1) is 18.8 Å². The van der Waals surface area contributed by atoms with Crippen LogP contribution in [0.25, 0.3) is 11.3 Å². The van der Waals surface area contributed by atoms with E-state index in [4.69, 9.17) is 28.8 Å². The Morgan fingerprint density at radius 1 is 1.00 bits per heavy atom. The Morgan fingerprint density at radius 3 is 2.40 bits per heavy atom. The van der Waals surface area contributed by atoms with Crippen molar-refractivity contribution >= 4 is 17.8 Å². The minimum atomic E-state index is -0.628. The van der Waals surface area contributed by atoms with Crippen molar-refractivity contribution < 1.29 is 28.6 Å². The number of aliphatic hydroxyl groups is 1. The number of anilines is 1. The van der Waals surface area contributed by atoms with E-state index < -0.39 is 12.2 Å². The van der Waals surface area contributed by atoms with Crippen molar-refractivity contribution in [3.05, 3.63) is 54.0 Å². The Morgan fingerprint density at radius 2 is 1.73 bits per heavy atom. The molecule has 1 N–H and O–H groups in total. The van der Waals surface area contributed by atoms with Crippen LogP contribution in [0.4, 0.5) is 10.6 Å². The number of rotatable bonds is 11. The van der Waals surface area contributed by atoms with E-state index in [-0.39, 0.29) is 24.5 Å². The van der Waals surface area contributed by atoms with E-state index in [0.717, 1.165) is 72.8 Å². The molecule has 3 fully saturated rings. The van der Waals surface area contributed by atoms with E-state index in [2.05, 4.69) is 6.07 Å². The fraction of sp³-hybridized carbons (Fsp3) is 0.595. The molecule has 3 heterocycles. The number of oxazole rings is 1. The first-order valence-electron chi connectivity index (χ1n) is 17.5. The zero-order chi connectivity index (χ0) is 33.8. The lowest BCUT2D eigenvalue weighted by molar-refractivity contribution is -0.124. The second-order valence-electron chi connectivity index (χ2n) is 14.0. The average Bonchev–Trinajstić information content (AvgIpc) is 3.83. The lowest BCUT2D eigenvalue weighted by Crippen LogP contribution is -2.43. The van der Waals surface area contributed by atoms with Gasteiger partial charge in [-0.05, 0) is 108 Å². The first kappa shape index (κ1) is 33.9. The predicted octanol–water partition coefficient (Wildman–Crippen LogP) is 6.64. The lowest BCUT2D eigenvalue weighted by Gasteiger charge is -2.35. The molecule has 3 saturated carbocycles. The van der Waals surface area contributed by atoms with E-state index in [1.54, 1.807) is 33.5 Å². The molecule has 0 aromatic carbocycles. The van der Waals surface area contributed by atoms with Gasteiger partial charge >= 0.3 is 6.09 Å². The summed E-state index contributed by atoms with van der Waals surface area (Å²) in [7, 11) is 3.29. The van der Waals surface area contributed by atoms with E-state index in [1.807, 2.05) is 30.0 Å². The highest BCUT2D eigenvalue weighted by Crippen LogP contribution is 2.41. The van der Waals surface area contributed by atoms with E-state index in [1.165, 1.54) is 4.90 Å². The fourth-order valence-electron chi connectivity index (χ4n) is 7.22. The number of amides is 2. The second-order valence-corrected chi connectivity index (χ2v) is 14.0. The SMILES string of the molecule is COc1ccc(C2CCC(CN(C(=O)C3CCC(OC(=O)N(C)CC(C)O)CC3)c3cc(-c4coc(C5CC5)n4)ccn3)CC2)nc1C. The van der Waals surface area contributed by atoms with Crippen molar-refractivity contribution in [2.45, 2.75) is 102 Å². The zero-order valence-electron chi connectivity index (χ0n) is 28.6. The monoisotopic (exact) mass is 659 g/mol. The van der Waals surface area contributed by atoms with Gasteiger partial charge in [0.2, 0.25) is 5.91 Å². The normalized spacial score (nSPS) is 23.3. The maximum atomic E-state index is 14.4. The molecule has 1 atom stereocenters. The van der Waals surface area contributed by atoms with E-state index >= 15 is 0 Å². The third kappa shape index (κ3) is 8.17. The van der Waals surface area contributed by atoms with Gasteiger partial charge in [-0.2, -0.15) is 0 Å². The molecule has 11 nitrogen and oxygen atoms in total. The quantitative estimate of drug-likeness (QED) is 0.241. The smallest absolute Gasteiger partial charge is 0.409 e. The Bertz CT molecular complexity index is 1560. The summed E-state index contributed by atoms with van der Waals surface area (Å²) in [6.45, 7) is 4.43. The molecule has 0 saturated heterocycles. The predicted molar refractivity (Wildman–Crippen MR) is 181 cm³/mol. The number of aryl methyl sites for hydroxylation is 1. The van der Waals surface area contributed by atoms with Crippen molar-refractivity contribution in [2.24, 2.45) is 11.8 Å².